The van der Waals surface area contributed by atoms with E-state index in [2.05, 4.69) is 21.2 Å². The fourth-order valence-electron chi connectivity index (χ4n) is 1.98. The third-order valence-corrected chi connectivity index (χ3v) is 4.67. The maximum atomic E-state index is 11.8. The third-order valence-electron chi connectivity index (χ3n) is 2.86. The summed E-state index contributed by atoms with van der Waals surface area (Å²) in [6.07, 6.45) is 3.10. The van der Waals surface area contributed by atoms with Crippen molar-refractivity contribution in [3.8, 4) is 0 Å². The molecular formula is C13H16BrNOS. The topological polar surface area (TPSA) is 29.1 Å². The lowest BCUT2D eigenvalue weighted by molar-refractivity contribution is -0.117. The molecule has 0 radical (unpaired) electrons. The summed E-state index contributed by atoms with van der Waals surface area (Å²) in [6, 6.07) is 7.70. The van der Waals surface area contributed by atoms with Gasteiger partial charge in [-0.1, -0.05) is 15.9 Å². The van der Waals surface area contributed by atoms with Gasteiger partial charge in [-0.2, -0.15) is 11.8 Å². The molecule has 1 fully saturated rings. The molecule has 1 atom stereocenters. The molecule has 1 aliphatic rings. The molecule has 1 saturated heterocycles. The minimum atomic E-state index is 0.139. The van der Waals surface area contributed by atoms with E-state index in [1.165, 1.54) is 18.6 Å². The largest absolute Gasteiger partial charge is 0.326 e. The Hall–Kier alpha value is -0.480. The predicted octanol–water partition coefficient (Wildman–Crippen LogP) is 3.92. The predicted molar refractivity (Wildman–Crippen MR) is 77.4 cm³/mol. The Morgan fingerprint density at radius 3 is 2.82 bits per heavy atom. The van der Waals surface area contributed by atoms with Gasteiger partial charge < -0.3 is 5.32 Å². The summed E-state index contributed by atoms with van der Waals surface area (Å²) in [5, 5.41) is 2.95. The van der Waals surface area contributed by atoms with E-state index in [-0.39, 0.29) is 5.91 Å². The number of thioether (sulfide) groups is 1. The van der Waals surface area contributed by atoms with Gasteiger partial charge in [0.1, 0.15) is 0 Å². The van der Waals surface area contributed by atoms with Crippen molar-refractivity contribution in [3.63, 3.8) is 0 Å². The van der Waals surface area contributed by atoms with Gasteiger partial charge in [0.05, 0.1) is 0 Å². The molecule has 2 nitrogen and oxygen atoms in total. The molecule has 0 bridgehead atoms. The van der Waals surface area contributed by atoms with E-state index in [0.717, 1.165) is 15.9 Å². The van der Waals surface area contributed by atoms with Gasteiger partial charge in [-0.05, 0) is 54.5 Å². The molecule has 0 aromatic heterocycles. The summed E-state index contributed by atoms with van der Waals surface area (Å²) >= 11 is 5.34. The van der Waals surface area contributed by atoms with Crippen LogP contribution in [0.3, 0.4) is 0 Å². The van der Waals surface area contributed by atoms with Gasteiger partial charge in [0.2, 0.25) is 5.91 Å². The lowest BCUT2D eigenvalue weighted by Crippen LogP contribution is -2.20. The first-order valence-electron chi connectivity index (χ1n) is 5.87. The average Bonchev–Trinajstić information content (AvgIpc) is 2.33. The van der Waals surface area contributed by atoms with E-state index in [1.807, 2.05) is 36.0 Å². The summed E-state index contributed by atoms with van der Waals surface area (Å²) < 4.78 is 1.03. The minimum Gasteiger partial charge on any atom is -0.326 e. The summed E-state index contributed by atoms with van der Waals surface area (Å²) in [5.41, 5.74) is 0.877. The van der Waals surface area contributed by atoms with Crippen molar-refractivity contribution in [3.05, 3.63) is 28.7 Å². The Labute approximate surface area is 115 Å². The lowest BCUT2D eigenvalue weighted by Gasteiger charge is -2.20. The van der Waals surface area contributed by atoms with Gasteiger partial charge in [-0.15, -0.1) is 0 Å². The number of hydrogen-bond donors (Lipinski definition) is 1. The standard InChI is InChI=1S/C13H16BrNOS/c14-11-3-5-12(6-4-11)15-13(16)8-10-2-1-7-17-9-10/h3-6,10H,1-2,7-9H2,(H,15,16). The highest BCUT2D eigenvalue weighted by Gasteiger charge is 2.17. The minimum absolute atomic E-state index is 0.139. The lowest BCUT2D eigenvalue weighted by atomic mass is 10.0. The van der Waals surface area contributed by atoms with Crippen LogP contribution in [0, 0.1) is 5.92 Å². The second-order valence-corrected chi connectivity index (χ2v) is 6.41. The van der Waals surface area contributed by atoms with Crippen molar-refractivity contribution < 1.29 is 4.79 Å². The maximum absolute atomic E-state index is 11.8. The highest BCUT2D eigenvalue weighted by molar-refractivity contribution is 9.10. The SMILES string of the molecule is O=C(CC1CCCSC1)Nc1ccc(Br)cc1. The molecule has 1 amide bonds. The maximum Gasteiger partial charge on any atom is 0.224 e. The van der Waals surface area contributed by atoms with E-state index < -0.39 is 0 Å². The molecule has 1 unspecified atom stereocenters. The number of nitrogens with one attached hydrogen (secondary N) is 1. The molecule has 1 aromatic rings. The zero-order chi connectivity index (χ0) is 12.1. The second kappa shape index (κ2) is 6.45. The number of anilines is 1. The van der Waals surface area contributed by atoms with Gasteiger partial charge in [-0.3, -0.25) is 4.79 Å². The zero-order valence-electron chi connectivity index (χ0n) is 9.62. The van der Waals surface area contributed by atoms with E-state index in [0.29, 0.717) is 12.3 Å². The average molecular weight is 314 g/mol. The van der Waals surface area contributed by atoms with Gasteiger partial charge in [0.15, 0.2) is 0 Å². The Kier molecular flexibility index (Phi) is 4.92. The molecular weight excluding hydrogens is 298 g/mol. The molecule has 1 N–H and O–H groups in total. The van der Waals surface area contributed by atoms with Gasteiger partial charge in [0, 0.05) is 16.6 Å². The summed E-state index contributed by atoms with van der Waals surface area (Å²) in [7, 11) is 0. The van der Waals surface area contributed by atoms with Crippen molar-refractivity contribution in [1.29, 1.82) is 0 Å². The molecule has 0 saturated carbocycles. The number of hydrogen-bond acceptors (Lipinski definition) is 2. The molecule has 1 aromatic carbocycles. The molecule has 17 heavy (non-hydrogen) atoms. The van der Waals surface area contributed by atoms with Crippen LogP contribution in [0.4, 0.5) is 5.69 Å². The Balaban J connectivity index is 1.82. The zero-order valence-corrected chi connectivity index (χ0v) is 12.0. The summed E-state index contributed by atoms with van der Waals surface area (Å²) in [5.74, 6) is 3.09. The van der Waals surface area contributed by atoms with Crippen LogP contribution in [0.5, 0.6) is 0 Å². The fraction of sp³-hybridized carbons (Fsp3) is 0.462. The first-order chi connectivity index (χ1) is 8.24. The van der Waals surface area contributed by atoms with Crippen molar-refractivity contribution in [2.24, 2.45) is 5.92 Å². The van der Waals surface area contributed by atoms with Crippen LogP contribution < -0.4 is 5.32 Å². The van der Waals surface area contributed by atoms with Crippen LogP contribution in [-0.2, 0) is 4.79 Å². The van der Waals surface area contributed by atoms with Crippen molar-refractivity contribution in [2.75, 3.05) is 16.8 Å². The molecule has 92 valence electrons. The molecule has 1 aliphatic heterocycles. The summed E-state index contributed by atoms with van der Waals surface area (Å²) in [6.45, 7) is 0. The quantitative estimate of drug-likeness (QED) is 0.916. The molecule has 4 heteroatoms. The number of rotatable bonds is 3. The Morgan fingerprint density at radius 2 is 2.18 bits per heavy atom. The van der Waals surface area contributed by atoms with Crippen LogP contribution in [-0.4, -0.2) is 17.4 Å². The van der Waals surface area contributed by atoms with Crippen LogP contribution in [0.25, 0.3) is 0 Å². The van der Waals surface area contributed by atoms with Crippen molar-refractivity contribution >= 4 is 39.3 Å². The highest BCUT2D eigenvalue weighted by atomic mass is 79.9. The fourth-order valence-corrected chi connectivity index (χ4v) is 3.40. The monoisotopic (exact) mass is 313 g/mol. The number of carbonyl (C=O) groups is 1. The van der Waals surface area contributed by atoms with Crippen LogP contribution in [0.1, 0.15) is 19.3 Å². The van der Waals surface area contributed by atoms with Crippen LogP contribution in [0.2, 0.25) is 0 Å². The first-order valence-corrected chi connectivity index (χ1v) is 7.82. The molecule has 1 heterocycles. The Bertz CT molecular complexity index is 374. The first kappa shape index (κ1) is 13.0. The highest BCUT2D eigenvalue weighted by Crippen LogP contribution is 2.25. The van der Waals surface area contributed by atoms with Crippen molar-refractivity contribution in [2.45, 2.75) is 19.3 Å². The van der Waals surface area contributed by atoms with E-state index in [1.54, 1.807) is 0 Å². The van der Waals surface area contributed by atoms with E-state index in [4.69, 9.17) is 0 Å². The molecule has 2 rings (SSSR count). The Morgan fingerprint density at radius 1 is 1.41 bits per heavy atom. The van der Waals surface area contributed by atoms with Gasteiger partial charge in [0.25, 0.3) is 0 Å². The molecule has 0 spiro atoms. The van der Waals surface area contributed by atoms with Crippen molar-refractivity contribution in [1.82, 2.24) is 0 Å². The number of halogens is 1. The third kappa shape index (κ3) is 4.36. The number of amides is 1. The number of carbonyl (C=O) groups excluding carboxylic acids is 1. The second-order valence-electron chi connectivity index (χ2n) is 4.34. The van der Waals surface area contributed by atoms with E-state index in [9.17, 15) is 4.79 Å². The number of benzene rings is 1. The van der Waals surface area contributed by atoms with Crippen LogP contribution >= 0.6 is 27.7 Å². The van der Waals surface area contributed by atoms with Gasteiger partial charge >= 0.3 is 0 Å². The van der Waals surface area contributed by atoms with Crippen LogP contribution in [0.15, 0.2) is 28.7 Å². The van der Waals surface area contributed by atoms with Gasteiger partial charge in [-0.25, -0.2) is 0 Å². The summed E-state index contributed by atoms with van der Waals surface area (Å²) in [4.78, 5) is 11.8. The smallest absolute Gasteiger partial charge is 0.224 e. The molecule has 0 aliphatic carbocycles. The normalized spacial score (nSPS) is 19.9. The van der Waals surface area contributed by atoms with E-state index >= 15 is 0 Å².